The van der Waals surface area contributed by atoms with Crippen molar-refractivity contribution in [1.82, 2.24) is 5.32 Å². The molecule has 6 heteroatoms. The Bertz CT molecular complexity index is 411. The van der Waals surface area contributed by atoms with Crippen molar-refractivity contribution in [2.45, 2.75) is 6.54 Å². The Hall–Kier alpha value is -1.01. The van der Waals surface area contributed by atoms with Crippen LogP contribution < -0.4 is 5.32 Å². The van der Waals surface area contributed by atoms with Crippen LogP contribution in [0, 0.1) is 0 Å². The van der Waals surface area contributed by atoms with Crippen LogP contribution in [-0.2, 0) is 16.1 Å². The highest BCUT2D eigenvalue weighted by atomic mass is 79.9. The van der Waals surface area contributed by atoms with Crippen LogP contribution in [0.15, 0.2) is 28.7 Å². The molecule has 17 heavy (non-hydrogen) atoms. The number of aliphatic carboxylic acids is 1. The summed E-state index contributed by atoms with van der Waals surface area (Å²) >= 11 is 4.43. The number of amides is 1. The van der Waals surface area contributed by atoms with Crippen LogP contribution in [0.25, 0.3) is 0 Å². The molecule has 0 unspecified atom stereocenters. The Balaban J connectivity index is 2.26. The molecule has 2 N–H and O–H groups in total. The third-order valence-electron chi connectivity index (χ3n) is 1.84. The number of nitrogens with one attached hydrogen (secondary N) is 1. The standard InChI is InChI=1S/C11H12BrNO3S/c12-9-3-1-2-8(4-9)5-13-10(14)6-17-7-11(15)16/h1-4H,5-7H2,(H,13,14)(H,15,16). The molecule has 0 aliphatic heterocycles. The van der Waals surface area contributed by atoms with Gasteiger partial charge in [0.05, 0.1) is 11.5 Å². The van der Waals surface area contributed by atoms with E-state index >= 15 is 0 Å². The fourth-order valence-corrected chi connectivity index (χ4v) is 2.14. The number of carboxylic acids is 1. The lowest BCUT2D eigenvalue weighted by molar-refractivity contribution is -0.133. The summed E-state index contributed by atoms with van der Waals surface area (Å²) in [7, 11) is 0. The monoisotopic (exact) mass is 317 g/mol. The Morgan fingerprint density at radius 3 is 2.76 bits per heavy atom. The summed E-state index contributed by atoms with van der Waals surface area (Å²) in [6, 6.07) is 7.64. The zero-order valence-electron chi connectivity index (χ0n) is 8.98. The van der Waals surface area contributed by atoms with E-state index in [0.29, 0.717) is 6.54 Å². The fourth-order valence-electron chi connectivity index (χ4n) is 1.13. The van der Waals surface area contributed by atoms with Crippen molar-refractivity contribution >= 4 is 39.6 Å². The van der Waals surface area contributed by atoms with E-state index in [0.717, 1.165) is 21.8 Å². The number of hydrogen-bond acceptors (Lipinski definition) is 3. The molecule has 0 aliphatic carbocycles. The smallest absolute Gasteiger partial charge is 0.313 e. The zero-order chi connectivity index (χ0) is 12.7. The lowest BCUT2D eigenvalue weighted by atomic mass is 10.2. The molecule has 0 fully saturated rings. The van der Waals surface area contributed by atoms with E-state index in [9.17, 15) is 9.59 Å². The van der Waals surface area contributed by atoms with E-state index < -0.39 is 5.97 Å². The SMILES string of the molecule is O=C(O)CSCC(=O)NCc1cccc(Br)c1. The van der Waals surface area contributed by atoms with Crippen LogP contribution in [0.1, 0.15) is 5.56 Å². The van der Waals surface area contributed by atoms with Gasteiger partial charge in [0.15, 0.2) is 0 Å². The molecule has 92 valence electrons. The van der Waals surface area contributed by atoms with Gasteiger partial charge >= 0.3 is 5.97 Å². The minimum absolute atomic E-state index is 0.0513. The molecule has 0 atom stereocenters. The lowest BCUT2D eigenvalue weighted by Crippen LogP contribution is -2.25. The predicted octanol–water partition coefficient (Wildman–Crippen LogP) is 1.88. The molecule has 4 nitrogen and oxygen atoms in total. The largest absolute Gasteiger partial charge is 0.481 e. The van der Waals surface area contributed by atoms with Crippen LogP contribution in [0.3, 0.4) is 0 Å². The molecule has 0 radical (unpaired) electrons. The van der Waals surface area contributed by atoms with Crippen molar-refractivity contribution < 1.29 is 14.7 Å². The highest BCUT2D eigenvalue weighted by Crippen LogP contribution is 2.11. The number of carboxylic acid groups (broad SMARTS) is 1. The Kier molecular flexibility index (Phi) is 6.07. The number of hydrogen-bond donors (Lipinski definition) is 2. The van der Waals surface area contributed by atoms with Gasteiger partial charge in [-0.2, -0.15) is 0 Å². The van der Waals surface area contributed by atoms with Crippen LogP contribution in [0.5, 0.6) is 0 Å². The average Bonchev–Trinajstić information content (AvgIpc) is 2.26. The van der Waals surface area contributed by atoms with E-state index in [-0.39, 0.29) is 17.4 Å². The van der Waals surface area contributed by atoms with Crippen LogP contribution in [0.2, 0.25) is 0 Å². The molecule has 0 heterocycles. The second-order valence-electron chi connectivity index (χ2n) is 3.29. The second kappa shape index (κ2) is 7.34. The van der Waals surface area contributed by atoms with Gasteiger partial charge in [0.25, 0.3) is 0 Å². The highest BCUT2D eigenvalue weighted by molar-refractivity contribution is 9.10. The normalized spacial score (nSPS) is 9.94. The second-order valence-corrected chi connectivity index (χ2v) is 5.19. The average molecular weight is 318 g/mol. The Labute approximate surface area is 112 Å². The van der Waals surface area contributed by atoms with E-state index in [2.05, 4.69) is 21.2 Å². The lowest BCUT2D eigenvalue weighted by Gasteiger charge is -2.05. The van der Waals surface area contributed by atoms with Gasteiger partial charge in [0, 0.05) is 11.0 Å². The molecule has 0 saturated heterocycles. The first-order valence-corrected chi connectivity index (χ1v) is 6.83. The molecular formula is C11H12BrNO3S. The third kappa shape index (κ3) is 6.33. The topological polar surface area (TPSA) is 66.4 Å². The molecule has 0 aromatic heterocycles. The van der Waals surface area contributed by atoms with Crippen LogP contribution in [0.4, 0.5) is 0 Å². The summed E-state index contributed by atoms with van der Waals surface area (Å²) in [5, 5.41) is 11.1. The molecule has 0 saturated carbocycles. The van der Waals surface area contributed by atoms with Crippen LogP contribution >= 0.6 is 27.7 Å². The van der Waals surface area contributed by atoms with Crippen molar-refractivity contribution in [3.63, 3.8) is 0 Å². The van der Waals surface area contributed by atoms with Crippen LogP contribution in [-0.4, -0.2) is 28.5 Å². The molecular weight excluding hydrogens is 306 g/mol. The van der Waals surface area contributed by atoms with Gasteiger partial charge in [-0.1, -0.05) is 28.1 Å². The maximum atomic E-state index is 11.3. The molecule has 0 aliphatic rings. The van der Waals surface area contributed by atoms with Gasteiger partial charge < -0.3 is 10.4 Å². The first kappa shape index (κ1) is 14.1. The fraction of sp³-hybridized carbons (Fsp3) is 0.273. The number of rotatable bonds is 6. The van der Waals surface area contributed by atoms with Crippen molar-refractivity contribution in [3.8, 4) is 0 Å². The van der Waals surface area contributed by atoms with Gasteiger partial charge in [0.1, 0.15) is 0 Å². The van der Waals surface area contributed by atoms with Crippen molar-refractivity contribution in [2.75, 3.05) is 11.5 Å². The van der Waals surface area contributed by atoms with Gasteiger partial charge in [-0.05, 0) is 17.7 Å². The van der Waals surface area contributed by atoms with Crippen molar-refractivity contribution in [2.24, 2.45) is 0 Å². The minimum Gasteiger partial charge on any atom is -0.481 e. The van der Waals surface area contributed by atoms with Gasteiger partial charge in [0.2, 0.25) is 5.91 Å². The first-order chi connectivity index (χ1) is 8.08. The first-order valence-electron chi connectivity index (χ1n) is 4.88. The molecule has 1 rings (SSSR count). The summed E-state index contributed by atoms with van der Waals surface area (Å²) in [5.41, 5.74) is 0.996. The summed E-state index contributed by atoms with van der Waals surface area (Å²) in [5.74, 6) is -0.948. The predicted molar refractivity (Wildman–Crippen MR) is 70.9 cm³/mol. The number of carbonyl (C=O) groups is 2. The van der Waals surface area contributed by atoms with Gasteiger partial charge in [-0.15, -0.1) is 11.8 Å². The van der Waals surface area contributed by atoms with E-state index in [1.807, 2.05) is 24.3 Å². The molecule has 1 amide bonds. The number of benzene rings is 1. The zero-order valence-corrected chi connectivity index (χ0v) is 11.4. The summed E-state index contributed by atoms with van der Waals surface area (Å²) in [4.78, 5) is 21.6. The number of halogens is 1. The Morgan fingerprint density at radius 1 is 1.35 bits per heavy atom. The number of carbonyl (C=O) groups excluding carboxylic acids is 1. The van der Waals surface area contributed by atoms with Gasteiger partial charge in [-0.3, -0.25) is 9.59 Å². The number of thioether (sulfide) groups is 1. The molecule has 0 spiro atoms. The van der Waals surface area contributed by atoms with Crippen molar-refractivity contribution in [3.05, 3.63) is 34.3 Å². The summed E-state index contributed by atoms with van der Waals surface area (Å²) in [6.45, 7) is 0.450. The van der Waals surface area contributed by atoms with Crippen molar-refractivity contribution in [1.29, 1.82) is 0 Å². The van der Waals surface area contributed by atoms with Gasteiger partial charge in [-0.25, -0.2) is 0 Å². The van der Waals surface area contributed by atoms with E-state index in [1.165, 1.54) is 0 Å². The quantitative estimate of drug-likeness (QED) is 0.840. The van der Waals surface area contributed by atoms with E-state index in [1.54, 1.807) is 0 Å². The van der Waals surface area contributed by atoms with E-state index in [4.69, 9.17) is 5.11 Å². The maximum absolute atomic E-state index is 11.3. The molecule has 1 aromatic rings. The maximum Gasteiger partial charge on any atom is 0.313 e. The Morgan fingerprint density at radius 2 is 2.12 bits per heavy atom. The molecule has 0 bridgehead atoms. The third-order valence-corrected chi connectivity index (χ3v) is 3.25. The minimum atomic E-state index is -0.908. The molecule has 1 aromatic carbocycles. The summed E-state index contributed by atoms with van der Waals surface area (Å²) in [6.07, 6.45) is 0. The highest BCUT2D eigenvalue weighted by Gasteiger charge is 2.04. The summed E-state index contributed by atoms with van der Waals surface area (Å²) < 4.78 is 0.963.